The van der Waals surface area contributed by atoms with Crippen LogP contribution in [-0.2, 0) is 24.8 Å². The molecule has 0 amide bonds. The van der Waals surface area contributed by atoms with Gasteiger partial charge in [-0.1, -0.05) is 0 Å². The van der Waals surface area contributed by atoms with E-state index in [1.807, 2.05) is 4.90 Å². The van der Waals surface area contributed by atoms with Crippen molar-refractivity contribution in [2.45, 2.75) is 28.7 Å². The molecule has 0 saturated carbocycles. The number of piperazine rings is 1. The Kier molecular flexibility index (Phi) is 7.43. The van der Waals surface area contributed by atoms with Crippen LogP contribution in [0.5, 0.6) is 5.75 Å². The number of sulfonamides is 2. The molecule has 2 aromatic carbocycles. The Morgan fingerprint density at radius 1 is 1.03 bits per heavy atom. The summed E-state index contributed by atoms with van der Waals surface area (Å²) in [7, 11) is -6.01. The largest absolute Gasteiger partial charge is 0.495 e. The second kappa shape index (κ2) is 10.2. The third-order valence-corrected chi connectivity index (χ3v) is 9.35. The maximum absolute atomic E-state index is 13.2. The summed E-state index contributed by atoms with van der Waals surface area (Å²) in [6, 6.07) is 9.35. The minimum Gasteiger partial charge on any atom is -0.495 e. The summed E-state index contributed by atoms with van der Waals surface area (Å²) in [6.45, 7) is 1.91. The van der Waals surface area contributed by atoms with Crippen molar-refractivity contribution < 1.29 is 30.7 Å². The molecule has 4 rings (SSSR count). The molecule has 2 heterocycles. The first-order chi connectivity index (χ1) is 16.2. The standard InChI is InChI=1S/C22H28FN3O6S2/c1-31-22-9-8-20(33(27,28)24-16-18-3-2-14-32-18)15-21(22)25-10-12-26(13-11-25)34(29,30)19-6-4-17(23)5-7-19/h4-9,15,18,24H,2-3,10-14,16H2,1H3/t18-/m0/s1. The van der Waals surface area contributed by atoms with Crippen molar-refractivity contribution in [3.63, 3.8) is 0 Å². The molecule has 0 aromatic heterocycles. The zero-order valence-corrected chi connectivity index (χ0v) is 20.4. The summed E-state index contributed by atoms with van der Waals surface area (Å²) < 4.78 is 79.5. The van der Waals surface area contributed by atoms with Gasteiger partial charge in [0.05, 0.1) is 28.7 Å². The lowest BCUT2D eigenvalue weighted by atomic mass is 10.2. The van der Waals surface area contributed by atoms with Crippen LogP contribution in [-0.4, -0.2) is 73.7 Å². The molecular formula is C22H28FN3O6S2. The van der Waals surface area contributed by atoms with E-state index < -0.39 is 25.9 Å². The fourth-order valence-electron chi connectivity index (χ4n) is 4.10. The normalized spacial score (nSPS) is 19.9. The summed E-state index contributed by atoms with van der Waals surface area (Å²) in [5.41, 5.74) is 0.571. The van der Waals surface area contributed by atoms with Crippen LogP contribution in [0.3, 0.4) is 0 Å². The summed E-state index contributed by atoms with van der Waals surface area (Å²) in [4.78, 5) is 2.03. The van der Waals surface area contributed by atoms with Gasteiger partial charge in [-0.25, -0.2) is 25.9 Å². The fourth-order valence-corrected chi connectivity index (χ4v) is 6.61. The van der Waals surface area contributed by atoms with E-state index in [0.29, 0.717) is 31.1 Å². The molecule has 2 aliphatic heterocycles. The lowest BCUT2D eigenvalue weighted by Gasteiger charge is -2.36. The average Bonchev–Trinajstić information content (AvgIpc) is 3.37. The molecule has 0 unspecified atom stereocenters. The molecule has 9 nitrogen and oxygen atoms in total. The monoisotopic (exact) mass is 513 g/mol. The highest BCUT2D eigenvalue weighted by atomic mass is 32.2. The Labute approximate surface area is 199 Å². The Hall–Kier alpha value is -2.25. The van der Waals surface area contributed by atoms with Gasteiger partial charge in [0.15, 0.2) is 0 Å². The second-order valence-corrected chi connectivity index (χ2v) is 11.9. The van der Waals surface area contributed by atoms with Gasteiger partial charge in [0.1, 0.15) is 11.6 Å². The van der Waals surface area contributed by atoms with Gasteiger partial charge in [-0.05, 0) is 55.3 Å². The maximum Gasteiger partial charge on any atom is 0.243 e. The van der Waals surface area contributed by atoms with E-state index in [-0.39, 0.29) is 35.5 Å². The third kappa shape index (κ3) is 5.36. The predicted octanol–water partition coefficient (Wildman–Crippen LogP) is 1.80. The van der Waals surface area contributed by atoms with Crippen molar-refractivity contribution >= 4 is 25.7 Å². The molecule has 2 fully saturated rings. The predicted molar refractivity (Wildman–Crippen MR) is 125 cm³/mol. The Morgan fingerprint density at radius 2 is 1.71 bits per heavy atom. The minimum atomic E-state index is -3.76. The number of hydrogen-bond donors (Lipinski definition) is 1. The zero-order valence-electron chi connectivity index (χ0n) is 18.8. The molecule has 0 radical (unpaired) electrons. The van der Waals surface area contributed by atoms with Gasteiger partial charge < -0.3 is 14.4 Å². The average molecular weight is 514 g/mol. The molecule has 2 aliphatic rings. The highest BCUT2D eigenvalue weighted by Gasteiger charge is 2.30. The van der Waals surface area contributed by atoms with Crippen molar-refractivity contribution in [3.8, 4) is 5.75 Å². The number of rotatable bonds is 8. The quantitative estimate of drug-likeness (QED) is 0.574. The van der Waals surface area contributed by atoms with Gasteiger partial charge in [0.25, 0.3) is 0 Å². The fraction of sp³-hybridized carbons (Fsp3) is 0.455. The number of nitrogens with zero attached hydrogens (tertiary/aromatic N) is 2. The van der Waals surface area contributed by atoms with Gasteiger partial charge in [-0.15, -0.1) is 0 Å². The summed E-state index contributed by atoms with van der Waals surface area (Å²) in [5, 5.41) is 0. The van der Waals surface area contributed by atoms with Crippen LogP contribution in [0.1, 0.15) is 12.8 Å². The second-order valence-electron chi connectivity index (χ2n) is 8.17. The lowest BCUT2D eigenvalue weighted by molar-refractivity contribution is 0.114. The van der Waals surface area contributed by atoms with Crippen LogP contribution in [0.25, 0.3) is 0 Å². The zero-order chi connectivity index (χ0) is 24.3. The number of ether oxygens (including phenoxy) is 2. The van der Waals surface area contributed by atoms with Crippen molar-refractivity contribution in [2.75, 3.05) is 51.3 Å². The number of benzene rings is 2. The van der Waals surface area contributed by atoms with Gasteiger partial charge in [-0.3, -0.25) is 0 Å². The minimum absolute atomic E-state index is 0.0327. The molecule has 2 aromatic rings. The number of hydrogen-bond acceptors (Lipinski definition) is 7. The van der Waals surface area contributed by atoms with E-state index in [2.05, 4.69) is 4.72 Å². The molecule has 12 heteroatoms. The van der Waals surface area contributed by atoms with Crippen molar-refractivity contribution in [1.82, 2.24) is 9.03 Å². The molecule has 34 heavy (non-hydrogen) atoms. The molecule has 1 atom stereocenters. The Bertz CT molecular complexity index is 1210. The van der Waals surface area contributed by atoms with Crippen molar-refractivity contribution in [2.24, 2.45) is 0 Å². The van der Waals surface area contributed by atoms with Crippen LogP contribution in [0.4, 0.5) is 10.1 Å². The maximum atomic E-state index is 13.2. The van der Waals surface area contributed by atoms with E-state index in [4.69, 9.17) is 9.47 Å². The highest BCUT2D eigenvalue weighted by Crippen LogP contribution is 2.32. The SMILES string of the molecule is COc1ccc(S(=O)(=O)NC[C@@H]2CCCO2)cc1N1CCN(S(=O)(=O)c2ccc(F)cc2)CC1. The lowest BCUT2D eigenvalue weighted by Crippen LogP contribution is -2.48. The topological polar surface area (TPSA) is 105 Å². The molecular weight excluding hydrogens is 485 g/mol. The van der Waals surface area contributed by atoms with Crippen LogP contribution >= 0.6 is 0 Å². The first-order valence-electron chi connectivity index (χ1n) is 11.0. The third-order valence-electron chi connectivity index (χ3n) is 6.02. The van der Waals surface area contributed by atoms with E-state index in [0.717, 1.165) is 25.0 Å². The molecule has 0 bridgehead atoms. The smallest absolute Gasteiger partial charge is 0.243 e. The Morgan fingerprint density at radius 3 is 2.32 bits per heavy atom. The van der Waals surface area contributed by atoms with Gasteiger partial charge in [0.2, 0.25) is 20.0 Å². The van der Waals surface area contributed by atoms with Gasteiger partial charge >= 0.3 is 0 Å². The number of halogens is 1. The first kappa shape index (κ1) is 24.9. The summed E-state index contributed by atoms with van der Waals surface area (Å²) >= 11 is 0. The van der Waals surface area contributed by atoms with Gasteiger partial charge in [0, 0.05) is 39.3 Å². The van der Waals surface area contributed by atoms with E-state index in [1.54, 1.807) is 12.1 Å². The van der Waals surface area contributed by atoms with Crippen molar-refractivity contribution in [3.05, 3.63) is 48.3 Å². The number of anilines is 1. The van der Waals surface area contributed by atoms with Crippen LogP contribution in [0, 0.1) is 5.82 Å². The van der Waals surface area contributed by atoms with E-state index in [1.165, 1.54) is 29.6 Å². The summed E-state index contributed by atoms with van der Waals surface area (Å²) in [6.07, 6.45) is 1.62. The van der Waals surface area contributed by atoms with E-state index in [9.17, 15) is 21.2 Å². The van der Waals surface area contributed by atoms with Crippen LogP contribution < -0.4 is 14.4 Å². The first-order valence-corrected chi connectivity index (χ1v) is 13.9. The molecule has 0 aliphatic carbocycles. The van der Waals surface area contributed by atoms with Gasteiger partial charge in [-0.2, -0.15) is 4.31 Å². The Balaban J connectivity index is 1.48. The highest BCUT2D eigenvalue weighted by molar-refractivity contribution is 7.89. The van der Waals surface area contributed by atoms with E-state index >= 15 is 0 Å². The van der Waals surface area contributed by atoms with Crippen molar-refractivity contribution in [1.29, 1.82) is 0 Å². The molecule has 186 valence electrons. The summed E-state index contributed by atoms with van der Waals surface area (Å²) in [5.74, 6) is -0.0103. The van der Waals surface area contributed by atoms with Crippen LogP contribution in [0.15, 0.2) is 52.3 Å². The molecule has 0 spiro atoms. The molecule has 2 saturated heterocycles. The number of nitrogens with one attached hydrogen (secondary N) is 1. The molecule has 1 N–H and O–H groups in total. The number of methoxy groups -OCH3 is 1. The van der Waals surface area contributed by atoms with Crippen LogP contribution in [0.2, 0.25) is 0 Å².